The molecule has 0 atom stereocenters. The first kappa shape index (κ1) is 19.3. The van der Waals surface area contributed by atoms with E-state index in [9.17, 15) is 0 Å². The molecule has 2 nitrogen and oxygen atoms in total. The Balaban J connectivity index is 0. The third kappa shape index (κ3) is 9.06. The van der Waals surface area contributed by atoms with Crippen LogP contribution in [0.4, 0.5) is 0 Å². The van der Waals surface area contributed by atoms with Gasteiger partial charge in [-0.2, -0.15) is 0 Å². The number of hydrogen-bond acceptors (Lipinski definition) is 2. The first-order valence-electron chi connectivity index (χ1n) is 7.07. The first-order valence-corrected chi connectivity index (χ1v) is 7.07. The van der Waals surface area contributed by atoms with Crippen molar-refractivity contribution in [2.45, 2.75) is 47.6 Å². The van der Waals surface area contributed by atoms with Gasteiger partial charge in [0, 0.05) is 6.54 Å². The van der Waals surface area contributed by atoms with Gasteiger partial charge in [0.05, 0.1) is 7.11 Å². The van der Waals surface area contributed by atoms with Gasteiger partial charge in [-0.15, -0.1) is 0 Å². The van der Waals surface area contributed by atoms with Gasteiger partial charge in [0.15, 0.2) is 0 Å². The monoisotopic (exact) mass is 253 g/mol. The molecule has 0 N–H and O–H groups in total. The Kier molecular flexibility index (Phi) is 15.1. The van der Waals surface area contributed by atoms with Crippen LogP contribution in [0.25, 0.3) is 0 Å². The van der Waals surface area contributed by atoms with E-state index in [1.807, 2.05) is 39.8 Å². The van der Waals surface area contributed by atoms with Gasteiger partial charge >= 0.3 is 0 Å². The molecule has 106 valence electrons. The lowest BCUT2D eigenvalue weighted by Gasteiger charge is -2.15. The average molecular weight is 253 g/mol. The van der Waals surface area contributed by atoms with E-state index in [4.69, 9.17) is 4.74 Å². The van der Waals surface area contributed by atoms with Gasteiger partial charge in [-0.05, 0) is 37.7 Å². The number of benzene rings is 1. The Morgan fingerprint density at radius 1 is 1.11 bits per heavy atom. The van der Waals surface area contributed by atoms with E-state index in [1.165, 1.54) is 12.0 Å². The van der Waals surface area contributed by atoms with Crippen molar-refractivity contribution in [3.05, 3.63) is 29.8 Å². The average Bonchev–Trinajstić information content (AvgIpc) is 2.43. The molecule has 0 spiro atoms. The SMILES string of the molecule is CC.CC.CCCN(C)Cc1cccc(OC)c1. The highest BCUT2D eigenvalue weighted by molar-refractivity contribution is 5.28. The van der Waals surface area contributed by atoms with E-state index in [0.717, 1.165) is 18.8 Å². The van der Waals surface area contributed by atoms with Crippen molar-refractivity contribution in [1.82, 2.24) is 4.90 Å². The van der Waals surface area contributed by atoms with Crippen LogP contribution in [0.15, 0.2) is 24.3 Å². The fourth-order valence-corrected chi connectivity index (χ4v) is 1.54. The minimum Gasteiger partial charge on any atom is -0.497 e. The van der Waals surface area contributed by atoms with Gasteiger partial charge in [0.2, 0.25) is 0 Å². The standard InChI is InChI=1S/C12H19NO.2C2H6/c1-4-8-13(2)10-11-6-5-7-12(9-11)14-3;2*1-2/h5-7,9H,4,8,10H2,1-3H3;2*1-2H3. The Morgan fingerprint density at radius 2 is 1.72 bits per heavy atom. The van der Waals surface area contributed by atoms with Gasteiger partial charge in [0.25, 0.3) is 0 Å². The summed E-state index contributed by atoms with van der Waals surface area (Å²) in [6.45, 7) is 12.3. The molecule has 0 saturated carbocycles. The van der Waals surface area contributed by atoms with Crippen molar-refractivity contribution >= 4 is 0 Å². The van der Waals surface area contributed by atoms with Crippen LogP contribution in [0.5, 0.6) is 5.75 Å². The number of nitrogens with zero attached hydrogens (tertiary/aromatic N) is 1. The summed E-state index contributed by atoms with van der Waals surface area (Å²) >= 11 is 0. The van der Waals surface area contributed by atoms with Crippen LogP contribution in [0.1, 0.15) is 46.6 Å². The van der Waals surface area contributed by atoms with Crippen LogP contribution in [0, 0.1) is 0 Å². The zero-order valence-electron chi connectivity index (χ0n) is 13.3. The lowest BCUT2D eigenvalue weighted by atomic mass is 10.2. The molecule has 0 unspecified atom stereocenters. The Bertz CT molecular complexity index is 274. The molecular formula is C16H31NO. The lowest BCUT2D eigenvalue weighted by molar-refractivity contribution is 0.326. The maximum Gasteiger partial charge on any atom is 0.119 e. The lowest BCUT2D eigenvalue weighted by Crippen LogP contribution is -2.18. The quantitative estimate of drug-likeness (QED) is 0.761. The molecule has 0 radical (unpaired) electrons. The van der Waals surface area contributed by atoms with Crippen molar-refractivity contribution in [2.75, 3.05) is 20.7 Å². The van der Waals surface area contributed by atoms with E-state index in [1.54, 1.807) is 7.11 Å². The predicted molar refractivity (Wildman–Crippen MR) is 82.3 cm³/mol. The molecular weight excluding hydrogens is 222 g/mol. The normalized spacial score (nSPS) is 8.89. The number of ether oxygens (including phenoxy) is 1. The summed E-state index contributed by atoms with van der Waals surface area (Å²) in [5, 5.41) is 0. The van der Waals surface area contributed by atoms with Crippen LogP contribution in [0.2, 0.25) is 0 Å². The van der Waals surface area contributed by atoms with E-state index in [-0.39, 0.29) is 0 Å². The predicted octanol–water partition coefficient (Wildman–Crippen LogP) is 4.59. The van der Waals surface area contributed by atoms with E-state index in [2.05, 4.69) is 31.0 Å². The second-order valence-corrected chi connectivity index (χ2v) is 3.59. The largest absolute Gasteiger partial charge is 0.497 e. The minimum atomic E-state index is 0.937. The first-order chi connectivity index (χ1) is 8.76. The van der Waals surface area contributed by atoms with E-state index >= 15 is 0 Å². The summed E-state index contributed by atoms with van der Waals surface area (Å²) in [6, 6.07) is 8.23. The zero-order chi connectivity index (χ0) is 14.4. The molecule has 0 aliphatic carbocycles. The minimum absolute atomic E-state index is 0.937. The molecule has 1 aromatic rings. The molecule has 0 aliphatic rings. The summed E-state index contributed by atoms with van der Waals surface area (Å²) in [5.41, 5.74) is 1.31. The number of hydrogen-bond donors (Lipinski definition) is 0. The van der Waals surface area contributed by atoms with Gasteiger partial charge in [-0.1, -0.05) is 46.8 Å². The summed E-state index contributed by atoms with van der Waals surface area (Å²) < 4.78 is 5.18. The third-order valence-electron chi connectivity index (χ3n) is 2.19. The van der Waals surface area contributed by atoms with Crippen LogP contribution in [0.3, 0.4) is 0 Å². The smallest absolute Gasteiger partial charge is 0.119 e. The molecule has 1 rings (SSSR count). The molecule has 0 fully saturated rings. The number of rotatable bonds is 5. The molecule has 0 amide bonds. The zero-order valence-corrected chi connectivity index (χ0v) is 13.3. The van der Waals surface area contributed by atoms with Crippen molar-refractivity contribution in [3.8, 4) is 5.75 Å². The maximum absolute atomic E-state index is 5.18. The summed E-state index contributed by atoms with van der Waals surface area (Å²) in [4.78, 5) is 2.31. The van der Waals surface area contributed by atoms with E-state index in [0.29, 0.717) is 0 Å². The Hall–Kier alpha value is -1.02. The summed E-state index contributed by atoms with van der Waals surface area (Å²) in [5.74, 6) is 0.937. The summed E-state index contributed by atoms with van der Waals surface area (Å²) in [7, 11) is 3.85. The summed E-state index contributed by atoms with van der Waals surface area (Å²) in [6.07, 6.45) is 1.19. The molecule has 0 heterocycles. The second kappa shape index (κ2) is 14.0. The van der Waals surface area contributed by atoms with Crippen LogP contribution in [-0.4, -0.2) is 25.6 Å². The highest BCUT2D eigenvalue weighted by Crippen LogP contribution is 2.13. The molecule has 2 heteroatoms. The van der Waals surface area contributed by atoms with Crippen LogP contribution in [-0.2, 0) is 6.54 Å². The van der Waals surface area contributed by atoms with Crippen molar-refractivity contribution < 1.29 is 4.74 Å². The molecule has 1 aromatic carbocycles. The van der Waals surface area contributed by atoms with Gasteiger partial charge in [0.1, 0.15) is 5.75 Å². The van der Waals surface area contributed by atoms with Gasteiger partial charge in [-0.25, -0.2) is 0 Å². The third-order valence-corrected chi connectivity index (χ3v) is 2.19. The fraction of sp³-hybridized carbons (Fsp3) is 0.625. The highest BCUT2D eigenvalue weighted by Gasteiger charge is 1.99. The van der Waals surface area contributed by atoms with Crippen molar-refractivity contribution in [3.63, 3.8) is 0 Å². The van der Waals surface area contributed by atoms with Crippen molar-refractivity contribution in [1.29, 1.82) is 0 Å². The topological polar surface area (TPSA) is 12.5 Å². The van der Waals surface area contributed by atoms with Crippen LogP contribution >= 0.6 is 0 Å². The maximum atomic E-state index is 5.18. The Morgan fingerprint density at radius 3 is 2.22 bits per heavy atom. The van der Waals surface area contributed by atoms with Gasteiger partial charge < -0.3 is 9.64 Å². The molecule has 0 saturated heterocycles. The number of methoxy groups -OCH3 is 1. The fourth-order valence-electron chi connectivity index (χ4n) is 1.54. The van der Waals surface area contributed by atoms with Crippen LogP contribution < -0.4 is 4.74 Å². The second-order valence-electron chi connectivity index (χ2n) is 3.59. The molecule has 0 aromatic heterocycles. The molecule has 0 bridgehead atoms. The molecule has 18 heavy (non-hydrogen) atoms. The molecule has 0 aliphatic heterocycles. The van der Waals surface area contributed by atoms with Crippen molar-refractivity contribution in [2.24, 2.45) is 0 Å². The van der Waals surface area contributed by atoms with Gasteiger partial charge in [-0.3, -0.25) is 0 Å². The Labute approximate surface area is 114 Å². The highest BCUT2D eigenvalue weighted by atomic mass is 16.5. The van der Waals surface area contributed by atoms with E-state index < -0.39 is 0 Å².